The van der Waals surface area contributed by atoms with Crippen LogP contribution in [-0.4, -0.2) is 48.7 Å². The quantitative estimate of drug-likeness (QED) is 0.739. The van der Waals surface area contributed by atoms with Crippen LogP contribution in [0.4, 0.5) is 0 Å². The molecule has 0 aliphatic carbocycles. The first-order valence-electron chi connectivity index (χ1n) is 6.65. The lowest BCUT2D eigenvalue weighted by Gasteiger charge is -2.29. The average Bonchev–Trinajstić information content (AvgIpc) is 2.30. The number of hydrogen-bond donors (Lipinski definition) is 2. The Hall–Kier alpha value is -0.610. The normalized spacial score (nSPS) is 22.3. The number of carbonyl (C=O) groups is 1. The first kappa shape index (κ1) is 14.5. The maximum absolute atomic E-state index is 10.8. The molecule has 1 fully saturated rings. The van der Waals surface area contributed by atoms with E-state index in [9.17, 15) is 4.79 Å². The molecule has 1 aliphatic heterocycles. The van der Waals surface area contributed by atoms with E-state index in [1.807, 2.05) is 6.92 Å². The van der Waals surface area contributed by atoms with Crippen LogP contribution < -0.4 is 5.32 Å². The zero-order valence-electron chi connectivity index (χ0n) is 11.3. The minimum absolute atomic E-state index is 0.0544. The molecule has 2 atom stereocenters. The van der Waals surface area contributed by atoms with Crippen molar-refractivity contribution in [2.75, 3.05) is 26.7 Å². The molecule has 4 heteroatoms. The van der Waals surface area contributed by atoms with E-state index in [-0.39, 0.29) is 12.0 Å². The van der Waals surface area contributed by atoms with Gasteiger partial charge in [-0.25, -0.2) is 0 Å². The van der Waals surface area contributed by atoms with E-state index < -0.39 is 5.97 Å². The van der Waals surface area contributed by atoms with Crippen molar-refractivity contribution in [1.82, 2.24) is 10.2 Å². The smallest absolute Gasteiger partial charge is 0.307 e. The van der Waals surface area contributed by atoms with Gasteiger partial charge in [0.25, 0.3) is 0 Å². The van der Waals surface area contributed by atoms with Gasteiger partial charge in [0.1, 0.15) is 0 Å². The highest BCUT2D eigenvalue weighted by Gasteiger charge is 2.20. The van der Waals surface area contributed by atoms with Crippen molar-refractivity contribution >= 4 is 5.97 Å². The monoisotopic (exact) mass is 242 g/mol. The topological polar surface area (TPSA) is 52.6 Å². The van der Waals surface area contributed by atoms with E-state index in [2.05, 4.69) is 17.3 Å². The Morgan fingerprint density at radius 2 is 2.00 bits per heavy atom. The van der Waals surface area contributed by atoms with Crippen molar-refractivity contribution in [1.29, 1.82) is 0 Å². The number of nitrogens with zero attached hydrogens (tertiary/aromatic N) is 1. The van der Waals surface area contributed by atoms with Crippen LogP contribution in [0.1, 0.15) is 33.1 Å². The summed E-state index contributed by atoms with van der Waals surface area (Å²) in [4.78, 5) is 13.2. The summed E-state index contributed by atoms with van der Waals surface area (Å²) in [5.74, 6) is -0.220. The van der Waals surface area contributed by atoms with E-state index in [4.69, 9.17) is 5.11 Å². The molecule has 0 saturated carbocycles. The van der Waals surface area contributed by atoms with Gasteiger partial charge < -0.3 is 15.3 Å². The van der Waals surface area contributed by atoms with Gasteiger partial charge in [-0.15, -0.1) is 0 Å². The maximum Gasteiger partial charge on any atom is 0.307 e. The van der Waals surface area contributed by atoms with Crippen LogP contribution in [0, 0.1) is 11.8 Å². The second-order valence-electron chi connectivity index (χ2n) is 5.41. The van der Waals surface area contributed by atoms with Gasteiger partial charge in [-0.1, -0.05) is 6.92 Å². The number of nitrogens with one attached hydrogen (secondary N) is 1. The highest BCUT2D eigenvalue weighted by molar-refractivity contribution is 5.70. The van der Waals surface area contributed by atoms with E-state index in [1.165, 1.54) is 32.4 Å². The lowest BCUT2D eigenvalue weighted by Crippen LogP contribution is -2.38. The van der Waals surface area contributed by atoms with E-state index in [0.29, 0.717) is 0 Å². The third kappa shape index (κ3) is 5.04. The highest BCUT2D eigenvalue weighted by atomic mass is 16.4. The zero-order chi connectivity index (χ0) is 12.8. The second kappa shape index (κ2) is 6.97. The molecule has 1 heterocycles. The first-order chi connectivity index (χ1) is 8.00. The largest absolute Gasteiger partial charge is 0.481 e. The molecular weight excluding hydrogens is 216 g/mol. The molecule has 0 bridgehead atoms. The minimum Gasteiger partial charge on any atom is -0.481 e. The third-order valence-electron chi connectivity index (χ3n) is 4.00. The van der Waals surface area contributed by atoms with Crippen molar-refractivity contribution in [3.05, 3.63) is 0 Å². The first-order valence-corrected chi connectivity index (χ1v) is 6.65. The number of aliphatic carboxylic acids is 1. The summed E-state index contributed by atoms with van der Waals surface area (Å²) in [6.45, 7) is 7.05. The summed E-state index contributed by atoms with van der Waals surface area (Å²) in [6, 6.07) is 0.0544. The molecule has 0 aromatic heterocycles. The molecule has 1 aliphatic rings. The molecule has 0 spiro atoms. The number of rotatable bonds is 6. The van der Waals surface area contributed by atoms with Gasteiger partial charge in [0.15, 0.2) is 0 Å². The summed E-state index contributed by atoms with van der Waals surface area (Å²) >= 11 is 0. The predicted molar refractivity (Wildman–Crippen MR) is 69.1 cm³/mol. The fourth-order valence-electron chi connectivity index (χ4n) is 2.26. The van der Waals surface area contributed by atoms with Crippen LogP contribution in [-0.2, 0) is 4.79 Å². The van der Waals surface area contributed by atoms with Gasteiger partial charge in [0, 0.05) is 6.04 Å². The molecule has 0 radical (unpaired) electrons. The maximum atomic E-state index is 10.8. The summed E-state index contributed by atoms with van der Waals surface area (Å²) in [7, 11) is 2.17. The molecule has 0 aromatic rings. The number of carboxylic acid groups (broad SMARTS) is 1. The van der Waals surface area contributed by atoms with Gasteiger partial charge in [-0.05, 0) is 58.8 Å². The molecular formula is C13H26N2O2. The SMILES string of the molecule is CC(NCCC1CCN(C)CC1)C(C)C(=O)O. The zero-order valence-corrected chi connectivity index (χ0v) is 11.3. The van der Waals surface area contributed by atoms with Gasteiger partial charge in [-0.3, -0.25) is 4.79 Å². The summed E-state index contributed by atoms with van der Waals surface area (Å²) in [6.07, 6.45) is 3.73. The molecule has 2 unspecified atom stereocenters. The van der Waals surface area contributed by atoms with Crippen LogP contribution in [0.5, 0.6) is 0 Å². The molecule has 1 rings (SSSR count). The molecule has 0 amide bonds. The van der Waals surface area contributed by atoms with Crippen molar-refractivity contribution in [3.8, 4) is 0 Å². The van der Waals surface area contributed by atoms with Crippen molar-refractivity contribution in [2.45, 2.75) is 39.2 Å². The van der Waals surface area contributed by atoms with Crippen molar-refractivity contribution < 1.29 is 9.90 Å². The van der Waals surface area contributed by atoms with Gasteiger partial charge >= 0.3 is 5.97 Å². The van der Waals surface area contributed by atoms with E-state index >= 15 is 0 Å². The van der Waals surface area contributed by atoms with E-state index in [0.717, 1.165) is 12.5 Å². The molecule has 0 aromatic carbocycles. The van der Waals surface area contributed by atoms with Gasteiger partial charge in [0.05, 0.1) is 5.92 Å². The fourth-order valence-corrected chi connectivity index (χ4v) is 2.26. The fraction of sp³-hybridized carbons (Fsp3) is 0.923. The Morgan fingerprint density at radius 1 is 1.41 bits per heavy atom. The lowest BCUT2D eigenvalue weighted by molar-refractivity contribution is -0.141. The molecule has 2 N–H and O–H groups in total. The summed E-state index contributed by atoms with van der Waals surface area (Å²) < 4.78 is 0. The van der Waals surface area contributed by atoms with Crippen LogP contribution >= 0.6 is 0 Å². The third-order valence-corrected chi connectivity index (χ3v) is 4.00. The van der Waals surface area contributed by atoms with Crippen LogP contribution in [0.25, 0.3) is 0 Å². The Kier molecular flexibility index (Phi) is 5.92. The predicted octanol–water partition coefficient (Wildman–Crippen LogP) is 1.42. The Bertz CT molecular complexity index is 238. The van der Waals surface area contributed by atoms with Crippen molar-refractivity contribution in [3.63, 3.8) is 0 Å². The Morgan fingerprint density at radius 3 is 2.53 bits per heavy atom. The number of carboxylic acids is 1. The van der Waals surface area contributed by atoms with Gasteiger partial charge in [-0.2, -0.15) is 0 Å². The number of piperidine rings is 1. The number of likely N-dealkylation sites (tertiary alicyclic amines) is 1. The Balaban J connectivity index is 2.13. The molecule has 100 valence electrons. The second-order valence-corrected chi connectivity index (χ2v) is 5.41. The summed E-state index contributed by atoms with van der Waals surface area (Å²) in [5.41, 5.74) is 0. The standard InChI is InChI=1S/C13H26N2O2/c1-10(13(16)17)11(2)14-7-4-12-5-8-15(3)9-6-12/h10-12,14H,4-9H2,1-3H3,(H,16,17). The van der Waals surface area contributed by atoms with Crippen LogP contribution in [0.3, 0.4) is 0 Å². The van der Waals surface area contributed by atoms with Gasteiger partial charge in [0.2, 0.25) is 0 Å². The molecule has 17 heavy (non-hydrogen) atoms. The summed E-state index contributed by atoms with van der Waals surface area (Å²) in [5, 5.41) is 12.2. The average molecular weight is 242 g/mol. The highest BCUT2D eigenvalue weighted by Crippen LogP contribution is 2.18. The lowest BCUT2D eigenvalue weighted by atomic mass is 9.93. The minimum atomic E-state index is -0.718. The molecule has 1 saturated heterocycles. The molecule has 4 nitrogen and oxygen atoms in total. The van der Waals surface area contributed by atoms with Crippen LogP contribution in [0.15, 0.2) is 0 Å². The van der Waals surface area contributed by atoms with Crippen LogP contribution in [0.2, 0.25) is 0 Å². The number of hydrogen-bond acceptors (Lipinski definition) is 3. The van der Waals surface area contributed by atoms with Crippen molar-refractivity contribution in [2.24, 2.45) is 11.8 Å². The van der Waals surface area contributed by atoms with E-state index in [1.54, 1.807) is 6.92 Å². The Labute approximate surface area is 104 Å².